The molecule has 0 aliphatic carbocycles. The Kier molecular flexibility index (Phi) is 6.33. The normalized spacial score (nSPS) is 11.2. The second-order valence-corrected chi connectivity index (χ2v) is 10.1. The highest BCUT2D eigenvalue weighted by Crippen LogP contribution is 2.22. The van der Waals surface area contributed by atoms with Crippen LogP contribution in [0.4, 0.5) is 11.4 Å². The molecule has 0 spiro atoms. The number of carbonyl (C=O) groups excluding carboxylic acids is 2. The van der Waals surface area contributed by atoms with E-state index in [2.05, 4.69) is 14.5 Å². The van der Waals surface area contributed by atoms with Crippen LogP contribution in [0, 0.1) is 0 Å². The molecule has 0 unspecified atom stereocenters. The number of aromatic nitrogens is 2. The van der Waals surface area contributed by atoms with E-state index in [1.165, 1.54) is 0 Å². The number of nitrogens with zero attached hydrogens (tertiary/aromatic N) is 2. The Labute approximate surface area is 227 Å². The molecule has 1 N–H and O–H groups in total. The average Bonchev–Trinajstić information content (AvgIpc) is 3.52. The van der Waals surface area contributed by atoms with E-state index in [9.17, 15) is 9.59 Å². The molecule has 39 heavy (non-hydrogen) atoms. The Morgan fingerprint density at radius 3 is 1.38 bits per heavy atom. The number of carbonyl (C=O) groups is 2. The molecule has 5 nitrogen and oxygen atoms in total. The molecule has 0 radical (unpaired) electrons. The molecule has 4 aromatic carbocycles. The van der Waals surface area contributed by atoms with Gasteiger partial charge in [-0.05, 0) is 83.9 Å². The van der Waals surface area contributed by atoms with Crippen LogP contribution in [0.3, 0.4) is 0 Å². The fourth-order valence-electron chi connectivity index (χ4n) is 5.06. The molecular formula is C34H29N3O2. The van der Waals surface area contributed by atoms with Crippen molar-refractivity contribution in [1.29, 1.82) is 0 Å². The number of nitrogens with one attached hydrogen (secondary N) is 1. The zero-order chi connectivity index (χ0) is 26.9. The van der Waals surface area contributed by atoms with Gasteiger partial charge in [0.1, 0.15) is 0 Å². The topological polar surface area (TPSA) is 56.0 Å². The van der Waals surface area contributed by atoms with Gasteiger partial charge >= 0.3 is 0 Å². The molecule has 2 aromatic heterocycles. The molecule has 0 fully saturated rings. The van der Waals surface area contributed by atoms with Crippen LogP contribution < -0.4 is 5.32 Å². The summed E-state index contributed by atoms with van der Waals surface area (Å²) >= 11 is 0. The summed E-state index contributed by atoms with van der Waals surface area (Å²) in [5, 5.41) is 5.55. The summed E-state index contributed by atoms with van der Waals surface area (Å²) in [6.07, 6.45) is 4.73. The van der Waals surface area contributed by atoms with Crippen molar-refractivity contribution in [3.8, 4) is 0 Å². The van der Waals surface area contributed by atoms with Crippen molar-refractivity contribution in [3.05, 3.63) is 132 Å². The Morgan fingerprint density at radius 2 is 0.974 bits per heavy atom. The van der Waals surface area contributed by atoms with Crippen LogP contribution in [0.1, 0.15) is 31.8 Å². The van der Waals surface area contributed by atoms with Crippen molar-refractivity contribution in [1.82, 2.24) is 9.13 Å². The molecule has 6 rings (SSSR count). The van der Waals surface area contributed by atoms with Gasteiger partial charge in [0.25, 0.3) is 0 Å². The van der Waals surface area contributed by atoms with E-state index in [-0.39, 0.29) is 11.6 Å². The maximum absolute atomic E-state index is 12.9. The van der Waals surface area contributed by atoms with Crippen LogP contribution in [0.15, 0.2) is 109 Å². The highest BCUT2D eigenvalue weighted by Gasteiger charge is 2.11. The van der Waals surface area contributed by atoms with E-state index in [4.69, 9.17) is 0 Å². The number of benzene rings is 4. The lowest BCUT2D eigenvalue weighted by molar-refractivity contribution is 0.0985. The highest BCUT2D eigenvalue weighted by atomic mass is 16.1. The molecular weight excluding hydrogens is 482 g/mol. The molecule has 0 atom stereocenters. The first-order valence-corrected chi connectivity index (χ1v) is 13.0. The Balaban J connectivity index is 1.06. The predicted molar refractivity (Wildman–Crippen MR) is 158 cm³/mol. The van der Waals surface area contributed by atoms with Gasteiger partial charge in [-0.25, -0.2) is 0 Å². The van der Waals surface area contributed by atoms with Crippen LogP contribution in [0.25, 0.3) is 21.8 Å². The minimum Gasteiger partial charge on any atom is -0.356 e. The first kappa shape index (κ1) is 24.4. The molecule has 6 aromatic rings. The average molecular weight is 512 g/mol. The monoisotopic (exact) mass is 511 g/mol. The zero-order valence-corrected chi connectivity index (χ0v) is 22.0. The first-order chi connectivity index (χ1) is 18.9. The number of anilines is 2. The summed E-state index contributed by atoms with van der Waals surface area (Å²) in [6.45, 7) is 0. The summed E-state index contributed by atoms with van der Waals surface area (Å²) in [4.78, 5) is 25.7. The SMILES string of the molecule is Cn1ccc2cc(C(=O)Cc3ccc(Nc4ccc(CC(=O)c5ccc6c(ccn6C)c5)cc4)cc3)ccc21. The quantitative estimate of drug-likeness (QED) is 0.219. The molecule has 5 heteroatoms. The maximum Gasteiger partial charge on any atom is 0.167 e. The summed E-state index contributed by atoms with van der Waals surface area (Å²) in [5.74, 6) is 0.213. The number of aryl methyl sites for hydroxylation is 2. The van der Waals surface area contributed by atoms with Crippen molar-refractivity contribution in [2.75, 3.05) is 5.32 Å². The van der Waals surface area contributed by atoms with E-state index >= 15 is 0 Å². The fourth-order valence-corrected chi connectivity index (χ4v) is 5.06. The number of fused-ring (bicyclic) bond motifs is 2. The molecule has 0 amide bonds. The minimum atomic E-state index is 0.107. The lowest BCUT2D eigenvalue weighted by atomic mass is 10.0. The standard InChI is InChI=1S/C34H29N3O2/c1-36-17-15-25-21-27(7-13-31(25)36)33(38)19-23-3-9-29(10-4-23)35-30-11-5-24(6-12-30)20-34(39)28-8-14-32-26(22-28)16-18-37(32)2/h3-18,21-22,35H,19-20H2,1-2H3. The molecule has 2 heterocycles. The van der Waals surface area contributed by atoms with Gasteiger partial charge in [-0.15, -0.1) is 0 Å². The van der Waals surface area contributed by atoms with Gasteiger partial charge in [-0.1, -0.05) is 24.3 Å². The van der Waals surface area contributed by atoms with Crippen LogP contribution in [0.2, 0.25) is 0 Å². The van der Waals surface area contributed by atoms with Crippen LogP contribution in [0.5, 0.6) is 0 Å². The van der Waals surface area contributed by atoms with Crippen LogP contribution >= 0.6 is 0 Å². The van der Waals surface area contributed by atoms with E-state index in [0.29, 0.717) is 12.8 Å². The van der Waals surface area contributed by atoms with Crippen molar-refractivity contribution >= 4 is 44.7 Å². The van der Waals surface area contributed by atoms with Crippen LogP contribution in [-0.2, 0) is 26.9 Å². The summed E-state index contributed by atoms with van der Waals surface area (Å²) in [6, 6.07) is 31.7. The third kappa shape index (κ3) is 5.12. The van der Waals surface area contributed by atoms with Gasteiger partial charge in [0.05, 0.1) is 0 Å². The Morgan fingerprint density at radius 1 is 0.564 bits per heavy atom. The lowest BCUT2D eigenvalue weighted by Crippen LogP contribution is -2.04. The van der Waals surface area contributed by atoms with Gasteiger partial charge in [-0.2, -0.15) is 0 Å². The van der Waals surface area contributed by atoms with E-state index in [1.54, 1.807) is 0 Å². The van der Waals surface area contributed by atoms with Crippen molar-refractivity contribution in [2.24, 2.45) is 14.1 Å². The third-order valence-electron chi connectivity index (χ3n) is 7.34. The highest BCUT2D eigenvalue weighted by molar-refractivity contribution is 6.01. The second-order valence-electron chi connectivity index (χ2n) is 10.1. The number of ketones is 2. The predicted octanol–water partition coefficient (Wildman–Crippen LogP) is 7.26. The fraction of sp³-hybridized carbons (Fsp3) is 0.118. The number of rotatable bonds is 8. The Bertz CT molecular complexity index is 1690. The third-order valence-corrected chi connectivity index (χ3v) is 7.34. The largest absolute Gasteiger partial charge is 0.356 e. The number of Topliss-reactive ketones (excluding diaryl/α,β-unsaturated/α-hetero) is 2. The lowest BCUT2D eigenvalue weighted by Gasteiger charge is -2.09. The summed E-state index contributed by atoms with van der Waals surface area (Å²) in [7, 11) is 4.00. The van der Waals surface area contributed by atoms with Crippen molar-refractivity contribution < 1.29 is 9.59 Å². The van der Waals surface area contributed by atoms with Gasteiger partial charge in [-0.3, -0.25) is 9.59 Å². The van der Waals surface area contributed by atoms with Gasteiger partial charge < -0.3 is 14.5 Å². The number of hydrogen-bond donors (Lipinski definition) is 1. The Hall–Kier alpha value is -4.90. The number of hydrogen-bond acceptors (Lipinski definition) is 3. The van der Waals surface area contributed by atoms with Crippen molar-refractivity contribution in [2.45, 2.75) is 12.8 Å². The second kappa shape index (κ2) is 10.1. The molecule has 0 aliphatic rings. The van der Waals surface area contributed by atoms with Gasteiger partial charge in [0.15, 0.2) is 11.6 Å². The minimum absolute atomic E-state index is 0.107. The molecule has 0 bridgehead atoms. The van der Waals surface area contributed by atoms with E-state index in [0.717, 1.165) is 55.4 Å². The first-order valence-electron chi connectivity index (χ1n) is 13.0. The van der Waals surface area contributed by atoms with Gasteiger partial charge in [0, 0.05) is 83.6 Å². The molecule has 0 saturated carbocycles. The maximum atomic E-state index is 12.9. The molecule has 0 aliphatic heterocycles. The van der Waals surface area contributed by atoms with Crippen molar-refractivity contribution in [3.63, 3.8) is 0 Å². The summed E-state index contributed by atoms with van der Waals surface area (Å²) < 4.78 is 4.10. The van der Waals surface area contributed by atoms with E-state index < -0.39 is 0 Å². The molecule has 192 valence electrons. The smallest absolute Gasteiger partial charge is 0.167 e. The summed E-state index contributed by atoms with van der Waals surface area (Å²) in [5.41, 5.74) is 7.53. The van der Waals surface area contributed by atoms with Crippen LogP contribution in [-0.4, -0.2) is 20.7 Å². The zero-order valence-electron chi connectivity index (χ0n) is 22.0. The van der Waals surface area contributed by atoms with E-state index in [1.807, 2.05) is 124 Å². The molecule has 0 saturated heterocycles. The van der Waals surface area contributed by atoms with Gasteiger partial charge in [0.2, 0.25) is 0 Å².